The average molecular weight is 296 g/mol. The summed E-state index contributed by atoms with van der Waals surface area (Å²) in [4.78, 5) is 5.30. The summed E-state index contributed by atoms with van der Waals surface area (Å²) >= 11 is 1.40. The van der Waals surface area contributed by atoms with Crippen LogP contribution in [0.3, 0.4) is 0 Å². The van der Waals surface area contributed by atoms with Crippen molar-refractivity contribution in [2.75, 3.05) is 13.2 Å². The number of aryl methyl sites for hydroxylation is 1. The molecule has 0 saturated heterocycles. The van der Waals surface area contributed by atoms with Gasteiger partial charge in [0.1, 0.15) is 11.6 Å². The highest BCUT2D eigenvalue weighted by atomic mass is 32.1. The van der Waals surface area contributed by atoms with E-state index in [2.05, 4.69) is 22.0 Å². The lowest BCUT2D eigenvalue weighted by Crippen LogP contribution is -2.18. The van der Waals surface area contributed by atoms with Crippen molar-refractivity contribution in [2.45, 2.75) is 46.0 Å². The first-order valence-electron chi connectivity index (χ1n) is 6.17. The Hall–Kier alpha value is -0.660. The lowest BCUT2D eigenvalue weighted by Gasteiger charge is -2.11. The van der Waals surface area contributed by atoms with E-state index >= 15 is 0 Å². The summed E-state index contributed by atoms with van der Waals surface area (Å²) in [5, 5.41) is 3.92. The van der Waals surface area contributed by atoms with E-state index in [1.807, 2.05) is 13.8 Å². The fourth-order valence-corrected chi connectivity index (χ4v) is 2.67. The van der Waals surface area contributed by atoms with E-state index in [0.717, 1.165) is 23.5 Å². The van der Waals surface area contributed by atoms with Gasteiger partial charge in [-0.1, -0.05) is 6.92 Å². The van der Waals surface area contributed by atoms with Crippen LogP contribution in [0.2, 0.25) is 0 Å². The first-order valence-corrected chi connectivity index (χ1v) is 6.99. The Morgan fingerprint density at radius 3 is 2.68 bits per heavy atom. The summed E-state index contributed by atoms with van der Waals surface area (Å²) in [5.74, 6) is 0. The van der Waals surface area contributed by atoms with Crippen LogP contribution < -0.4 is 5.32 Å². The molecule has 0 bridgehead atoms. The zero-order chi connectivity index (χ0) is 14.5. The number of halogens is 3. The summed E-state index contributed by atoms with van der Waals surface area (Å²) < 4.78 is 40.5. The molecular formula is C12H19F3N2OS. The minimum atomic E-state index is -4.29. The van der Waals surface area contributed by atoms with Crippen molar-refractivity contribution in [3.05, 3.63) is 15.6 Å². The van der Waals surface area contributed by atoms with Crippen molar-refractivity contribution in [3.63, 3.8) is 0 Å². The number of alkyl halides is 3. The molecule has 0 aliphatic rings. The predicted molar refractivity (Wildman–Crippen MR) is 69.3 cm³/mol. The topological polar surface area (TPSA) is 34.1 Å². The van der Waals surface area contributed by atoms with Gasteiger partial charge >= 0.3 is 6.18 Å². The number of nitrogens with zero attached hydrogens (tertiary/aromatic N) is 1. The summed E-state index contributed by atoms with van der Waals surface area (Å²) in [5.41, 5.74) is 0.853. The fourth-order valence-electron chi connectivity index (χ4n) is 1.64. The van der Waals surface area contributed by atoms with E-state index in [1.54, 1.807) is 0 Å². The number of hydrogen-bond donors (Lipinski definition) is 1. The maximum Gasteiger partial charge on any atom is 0.411 e. The van der Waals surface area contributed by atoms with Gasteiger partial charge in [-0.15, -0.1) is 11.3 Å². The van der Waals surface area contributed by atoms with E-state index in [-0.39, 0.29) is 12.6 Å². The molecule has 1 unspecified atom stereocenters. The minimum absolute atomic E-state index is 0.0918. The first kappa shape index (κ1) is 16.4. The second-order valence-corrected chi connectivity index (χ2v) is 5.46. The molecule has 0 spiro atoms. The van der Waals surface area contributed by atoms with Crippen molar-refractivity contribution in [3.8, 4) is 0 Å². The summed E-state index contributed by atoms with van der Waals surface area (Å²) in [6.07, 6.45) is -3.26. The molecule has 0 fully saturated rings. The van der Waals surface area contributed by atoms with Gasteiger partial charge in [0.05, 0.1) is 12.3 Å². The van der Waals surface area contributed by atoms with Crippen molar-refractivity contribution in [1.82, 2.24) is 10.3 Å². The Morgan fingerprint density at radius 1 is 1.42 bits per heavy atom. The average Bonchev–Trinajstić information content (AvgIpc) is 2.66. The van der Waals surface area contributed by atoms with Crippen LogP contribution >= 0.6 is 11.3 Å². The van der Waals surface area contributed by atoms with Crippen molar-refractivity contribution in [2.24, 2.45) is 0 Å². The van der Waals surface area contributed by atoms with Crippen LogP contribution in [-0.2, 0) is 11.3 Å². The van der Waals surface area contributed by atoms with Crippen LogP contribution in [0.4, 0.5) is 13.2 Å². The molecule has 1 heterocycles. The van der Waals surface area contributed by atoms with Crippen LogP contribution in [0.15, 0.2) is 0 Å². The quantitative estimate of drug-likeness (QED) is 0.835. The summed E-state index contributed by atoms with van der Waals surface area (Å²) in [7, 11) is 0. The van der Waals surface area contributed by atoms with Gasteiger partial charge in [-0.3, -0.25) is 0 Å². The lowest BCUT2D eigenvalue weighted by molar-refractivity contribution is -0.176. The molecule has 0 amide bonds. The number of rotatable bonds is 7. The van der Waals surface area contributed by atoms with Gasteiger partial charge in [-0.05, 0) is 26.8 Å². The normalized spacial score (nSPS) is 13.8. The van der Waals surface area contributed by atoms with E-state index in [4.69, 9.17) is 0 Å². The molecule has 0 aromatic carbocycles. The summed E-state index contributed by atoms with van der Waals surface area (Å²) in [6.45, 7) is 5.55. The van der Waals surface area contributed by atoms with Crippen molar-refractivity contribution in [1.29, 1.82) is 0 Å². The smallest absolute Gasteiger partial charge is 0.365 e. The van der Waals surface area contributed by atoms with Gasteiger partial charge in [0.15, 0.2) is 0 Å². The van der Waals surface area contributed by atoms with Gasteiger partial charge in [-0.2, -0.15) is 13.2 Å². The highest BCUT2D eigenvalue weighted by Crippen LogP contribution is 2.26. The van der Waals surface area contributed by atoms with E-state index < -0.39 is 12.8 Å². The van der Waals surface area contributed by atoms with Crippen LogP contribution in [0.1, 0.15) is 41.9 Å². The highest BCUT2D eigenvalue weighted by molar-refractivity contribution is 7.11. The van der Waals surface area contributed by atoms with Crippen LogP contribution in [-0.4, -0.2) is 24.3 Å². The Bertz CT molecular complexity index is 393. The largest absolute Gasteiger partial charge is 0.411 e. The molecule has 1 aromatic rings. The second kappa shape index (κ2) is 7.21. The molecule has 0 radical (unpaired) electrons. The third-order valence-corrected chi connectivity index (χ3v) is 3.78. The summed E-state index contributed by atoms with van der Waals surface area (Å²) in [6, 6.07) is 0.161. The molecule has 1 rings (SSSR count). The molecule has 0 saturated carbocycles. The SMILES string of the molecule is CCCNC(C)c1sc(COCC(F)(F)F)nc1C. The third-order valence-electron chi connectivity index (χ3n) is 2.46. The number of ether oxygens (including phenoxy) is 1. The van der Waals surface area contributed by atoms with Gasteiger partial charge < -0.3 is 10.1 Å². The van der Waals surface area contributed by atoms with Gasteiger partial charge in [0.2, 0.25) is 0 Å². The van der Waals surface area contributed by atoms with Crippen LogP contribution in [0.25, 0.3) is 0 Å². The number of aromatic nitrogens is 1. The third kappa shape index (κ3) is 5.88. The number of hydrogen-bond acceptors (Lipinski definition) is 4. The minimum Gasteiger partial charge on any atom is -0.365 e. The first-order chi connectivity index (χ1) is 8.83. The van der Waals surface area contributed by atoms with Gasteiger partial charge in [0.25, 0.3) is 0 Å². The zero-order valence-electron chi connectivity index (χ0n) is 11.3. The number of nitrogens with one attached hydrogen (secondary N) is 1. The van der Waals surface area contributed by atoms with Crippen LogP contribution in [0.5, 0.6) is 0 Å². The van der Waals surface area contributed by atoms with E-state index in [0.29, 0.717) is 5.01 Å². The Labute approximate surface area is 115 Å². The molecule has 110 valence electrons. The lowest BCUT2D eigenvalue weighted by atomic mass is 10.2. The Balaban J connectivity index is 2.53. The van der Waals surface area contributed by atoms with Gasteiger partial charge in [0, 0.05) is 10.9 Å². The van der Waals surface area contributed by atoms with Gasteiger partial charge in [-0.25, -0.2) is 4.98 Å². The fraction of sp³-hybridized carbons (Fsp3) is 0.750. The Morgan fingerprint density at radius 2 is 2.11 bits per heavy atom. The monoisotopic (exact) mass is 296 g/mol. The van der Waals surface area contributed by atoms with E-state index in [9.17, 15) is 13.2 Å². The Kier molecular flexibility index (Phi) is 6.22. The molecule has 0 aliphatic carbocycles. The maximum atomic E-state index is 12.0. The highest BCUT2D eigenvalue weighted by Gasteiger charge is 2.27. The molecule has 19 heavy (non-hydrogen) atoms. The van der Waals surface area contributed by atoms with Crippen LogP contribution in [0, 0.1) is 6.92 Å². The second-order valence-electron chi connectivity index (χ2n) is 4.34. The molecule has 3 nitrogen and oxygen atoms in total. The molecule has 0 aliphatic heterocycles. The van der Waals surface area contributed by atoms with Crippen molar-refractivity contribution >= 4 is 11.3 Å². The molecule has 1 N–H and O–H groups in total. The number of thiazole rings is 1. The molecule has 1 aromatic heterocycles. The molecular weight excluding hydrogens is 277 g/mol. The molecule has 7 heteroatoms. The van der Waals surface area contributed by atoms with E-state index in [1.165, 1.54) is 11.3 Å². The molecule has 1 atom stereocenters. The van der Waals surface area contributed by atoms with Crippen molar-refractivity contribution < 1.29 is 17.9 Å². The maximum absolute atomic E-state index is 12.0. The zero-order valence-corrected chi connectivity index (χ0v) is 12.1. The standard InChI is InChI=1S/C12H19F3N2OS/c1-4-5-16-8(2)11-9(3)17-10(19-11)6-18-7-12(13,14)15/h8,16H,4-7H2,1-3H3. The predicted octanol–water partition coefficient (Wildman–Crippen LogP) is 3.59.